The predicted molar refractivity (Wildman–Crippen MR) is 83.2 cm³/mol. The number of hydrogen-bond donors (Lipinski definition) is 0. The summed E-state index contributed by atoms with van der Waals surface area (Å²) >= 11 is 3.28. The Hall–Kier alpha value is -0.670. The van der Waals surface area contributed by atoms with Crippen LogP contribution in [-0.2, 0) is 19.5 Å². The Bertz CT molecular complexity index is 541. The quantitative estimate of drug-likeness (QED) is 0.651. The normalized spacial score (nSPS) is 11.9. The van der Waals surface area contributed by atoms with Crippen molar-refractivity contribution >= 4 is 26.0 Å². The molecule has 0 aliphatic rings. The summed E-state index contributed by atoms with van der Waals surface area (Å²) in [5.74, 6) is 0.304. The second-order valence-electron chi connectivity index (χ2n) is 4.18. The van der Waals surface area contributed by atoms with Crippen LogP contribution in [0.1, 0.15) is 0 Å². The van der Waals surface area contributed by atoms with Gasteiger partial charge in [-0.05, 0) is 18.2 Å². The minimum absolute atomic E-state index is 0.117. The average Bonchev–Trinajstić information content (AvgIpc) is 2.47. The molecule has 0 heterocycles. The van der Waals surface area contributed by atoms with Gasteiger partial charge in [0.2, 0.25) is 10.0 Å². The monoisotopic (exact) mass is 381 g/mol. The molecule has 0 fully saturated rings. The predicted octanol–water partition coefficient (Wildman–Crippen LogP) is 1.74. The Kier molecular flexibility index (Phi) is 7.61. The summed E-state index contributed by atoms with van der Waals surface area (Å²) in [6.07, 6.45) is 0. The van der Waals surface area contributed by atoms with Crippen LogP contribution in [0.25, 0.3) is 0 Å². The van der Waals surface area contributed by atoms with Crippen LogP contribution in [0.2, 0.25) is 0 Å². The van der Waals surface area contributed by atoms with Crippen molar-refractivity contribution in [1.29, 1.82) is 0 Å². The Morgan fingerprint density at radius 3 is 2.14 bits per heavy atom. The molecule has 0 saturated heterocycles. The zero-order chi connectivity index (χ0) is 15.9. The highest BCUT2D eigenvalue weighted by atomic mass is 79.9. The molecular formula is C13H20BrNO5S. The number of methoxy groups -OCH3 is 3. The number of rotatable bonds is 9. The van der Waals surface area contributed by atoms with E-state index in [2.05, 4.69) is 15.9 Å². The van der Waals surface area contributed by atoms with Gasteiger partial charge in [0.25, 0.3) is 0 Å². The third-order valence-corrected chi connectivity index (χ3v) is 5.25. The van der Waals surface area contributed by atoms with Gasteiger partial charge in [0.15, 0.2) is 0 Å². The molecule has 8 heteroatoms. The molecule has 120 valence electrons. The molecule has 0 N–H and O–H groups in total. The SMILES string of the molecule is COCCN(CCOC)S(=O)(=O)c1cc(Br)ccc1OC. The fraction of sp³-hybridized carbons (Fsp3) is 0.538. The first-order chi connectivity index (χ1) is 9.97. The van der Waals surface area contributed by atoms with Crippen molar-refractivity contribution in [2.45, 2.75) is 4.90 Å². The lowest BCUT2D eigenvalue weighted by Crippen LogP contribution is -2.36. The van der Waals surface area contributed by atoms with Crippen molar-refractivity contribution in [3.05, 3.63) is 22.7 Å². The first kappa shape index (κ1) is 18.4. The second-order valence-corrected chi connectivity index (χ2v) is 7.01. The fourth-order valence-electron chi connectivity index (χ4n) is 1.73. The van der Waals surface area contributed by atoms with Gasteiger partial charge < -0.3 is 14.2 Å². The molecule has 0 amide bonds. The number of sulfonamides is 1. The van der Waals surface area contributed by atoms with E-state index >= 15 is 0 Å². The lowest BCUT2D eigenvalue weighted by atomic mass is 10.3. The molecule has 21 heavy (non-hydrogen) atoms. The van der Waals surface area contributed by atoms with Gasteiger partial charge in [0, 0.05) is 31.8 Å². The van der Waals surface area contributed by atoms with Gasteiger partial charge in [-0.2, -0.15) is 4.31 Å². The molecule has 0 saturated carbocycles. The first-order valence-corrected chi connectivity index (χ1v) is 8.52. The van der Waals surface area contributed by atoms with Gasteiger partial charge in [-0.15, -0.1) is 0 Å². The standard InChI is InChI=1S/C13H20BrNO5S/c1-18-8-6-15(7-9-19-2)21(16,17)13-10-11(14)4-5-12(13)20-3/h4-5,10H,6-9H2,1-3H3. The Labute approximate surface area is 134 Å². The molecule has 0 aromatic heterocycles. The van der Waals surface area contributed by atoms with Crippen molar-refractivity contribution in [2.75, 3.05) is 47.6 Å². The van der Waals surface area contributed by atoms with E-state index in [1.54, 1.807) is 12.1 Å². The molecule has 0 aliphatic carbocycles. The first-order valence-electron chi connectivity index (χ1n) is 6.29. The number of hydrogen-bond acceptors (Lipinski definition) is 5. The van der Waals surface area contributed by atoms with Gasteiger partial charge >= 0.3 is 0 Å². The molecule has 0 spiro atoms. The number of benzene rings is 1. The van der Waals surface area contributed by atoms with E-state index in [-0.39, 0.29) is 18.0 Å². The van der Waals surface area contributed by atoms with E-state index in [1.165, 1.54) is 31.7 Å². The van der Waals surface area contributed by atoms with E-state index in [1.807, 2.05) is 0 Å². The lowest BCUT2D eigenvalue weighted by Gasteiger charge is -2.22. The zero-order valence-electron chi connectivity index (χ0n) is 12.3. The summed E-state index contributed by atoms with van der Waals surface area (Å²) in [5.41, 5.74) is 0. The molecular weight excluding hydrogens is 362 g/mol. The summed E-state index contributed by atoms with van der Waals surface area (Å²) in [6.45, 7) is 1.11. The van der Waals surface area contributed by atoms with Crippen LogP contribution < -0.4 is 4.74 Å². The molecule has 0 bridgehead atoms. The molecule has 6 nitrogen and oxygen atoms in total. The highest BCUT2D eigenvalue weighted by Crippen LogP contribution is 2.29. The maximum Gasteiger partial charge on any atom is 0.246 e. The summed E-state index contributed by atoms with van der Waals surface area (Å²) in [5, 5.41) is 0. The van der Waals surface area contributed by atoms with Crippen molar-refractivity contribution in [2.24, 2.45) is 0 Å². The highest BCUT2D eigenvalue weighted by Gasteiger charge is 2.27. The molecule has 0 radical (unpaired) electrons. The van der Waals surface area contributed by atoms with E-state index in [9.17, 15) is 8.42 Å². The second kappa shape index (κ2) is 8.70. The molecule has 1 aromatic rings. The van der Waals surface area contributed by atoms with Gasteiger partial charge in [-0.3, -0.25) is 0 Å². The third-order valence-electron chi connectivity index (χ3n) is 2.83. The molecule has 0 unspecified atom stereocenters. The summed E-state index contributed by atoms with van der Waals surface area (Å²) in [7, 11) is 0.806. The summed E-state index contributed by atoms with van der Waals surface area (Å²) < 4.78 is 42.7. The van der Waals surface area contributed by atoms with Crippen molar-refractivity contribution in [3.63, 3.8) is 0 Å². The van der Waals surface area contributed by atoms with E-state index in [4.69, 9.17) is 14.2 Å². The fourth-order valence-corrected chi connectivity index (χ4v) is 3.83. The lowest BCUT2D eigenvalue weighted by molar-refractivity contribution is 0.150. The van der Waals surface area contributed by atoms with Crippen LogP contribution in [0.5, 0.6) is 5.75 Å². The Balaban J connectivity index is 3.17. The van der Waals surface area contributed by atoms with E-state index < -0.39 is 10.0 Å². The van der Waals surface area contributed by atoms with Crippen molar-refractivity contribution in [3.8, 4) is 5.75 Å². The van der Waals surface area contributed by atoms with E-state index in [0.717, 1.165) is 0 Å². The van der Waals surface area contributed by atoms with Crippen molar-refractivity contribution in [1.82, 2.24) is 4.31 Å². The third kappa shape index (κ3) is 4.93. The Morgan fingerprint density at radius 2 is 1.67 bits per heavy atom. The molecule has 0 aliphatic heterocycles. The van der Waals surface area contributed by atoms with Crippen LogP contribution in [0.15, 0.2) is 27.6 Å². The number of halogens is 1. The minimum atomic E-state index is -3.69. The molecule has 1 aromatic carbocycles. The Morgan fingerprint density at radius 1 is 1.10 bits per heavy atom. The largest absolute Gasteiger partial charge is 0.495 e. The van der Waals surface area contributed by atoms with Crippen molar-refractivity contribution < 1.29 is 22.6 Å². The van der Waals surface area contributed by atoms with E-state index in [0.29, 0.717) is 23.4 Å². The summed E-state index contributed by atoms with van der Waals surface area (Å²) in [4.78, 5) is 0.117. The van der Waals surface area contributed by atoms with Gasteiger partial charge in [0.05, 0.1) is 20.3 Å². The van der Waals surface area contributed by atoms with Crippen LogP contribution in [0, 0.1) is 0 Å². The smallest absolute Gasteiger partial charge is 0.246 e. The zero-order valence-corrected chi connectivity index (χ0v) is 14.7. The van der Waals surface area contributed by atoms with Crippen LogP contribution in [0.3, 0.4) is 0 Å². The molecule has 1 rings (SSSR count). The van der Waals surface area contributed by atoms with Gasteiger partial charge in [-0.1, -0.05) is 15.9 Å². The maximum absolute atomic E-state index is 12.8. The van der Waals surface area contributed by atoms with Gasteiger partial charge in [-0.25, -0.2) is 8.42 Å². The maximum atomic E-state index is 12.8. The van der Waals surface area contributed by atoms with Crippen LogP contribution in [-0.4, -0.2) is 60.4 Å². The molecule has 0 atom stereocenters. The van der Waals surface area contributed by atoms with Gasteiger partial charge in [0.1, 0.15) is 10.6 Å². The van der Waals surface area contributed by atoms with Crippen LogP contribution >= 0.6 is 15.9 Å². The van der Waals surface area contributed by atoms with Crippen LogP contribution in [0.4, 0.5) is 0 Å². The summed E-state index contributed by atoms with van der Waals surface area (Å²) in [6, 6.07) is 4.87. The highest BCUT2D eigenvalue weighted by molar-refractivity contribution is 9.10. The number of ether oxygens (including phenoxy) is 3. The number of nitrogens with zero attached hydrogens (tertiary/aromatic N) is 1. The minimum Gasteiger partial charge on any atom is -0.495 e. The average molecular weight is 382 g/mol. The topological polar surface area (TPSA) is 65.1 Å².